The van der Waals surface area contributed by atoms with Crippen molar-refractivity contribution in [2.75, 3.05) is 0 Å². The molecule has 0 aliphatic heterocycles. The molecule has 0 N–H and O–H groups in total. The Hall–Kier alpha value is -17.6. The summed E-state index contributed by atoms with van der Waals surface area (Å²) >= 11 is 0. The van der Waals surface area contributed by atoms with Gasteiger partial charge in [-0.15, -0.1) is 0 Å². The van der Waals surface area contributed by atoms with E-state index in [1.54, 1.807) is 0 Å². The SMILES string of the molecule is CC(C)(C)c1ccc(-c2ccc3c(c2)c2cc(-c4cnc(-n5c6ccccc6c6cc7ccccc7cc65)nc4)ccc2n3-c2ccccc2)cc1.CC1(C)c2cc(-c3ccccc3)ccc2-c2ccc(-c3ccnc(-n4c5ccccc5c5ccc6ccccc6c54)n3)cc21.CC1(C)c2ccccc2-c2ccc(-c3ccc(-c4cnc(-n5c6ccccc6c6c7ccccc7ccc65)nc4)cc3)cc21. The minimum atomic E-state index is -0.132. The van der Waals surface area contributed by atoms with Crippen molar-refractivity contribution in [2.24, 2.45) is 0 Å². The maximum Gasteiger partial charge on any atom is 0.235 e. The predicted octanol–water partition coefficient (Wildman–Crippen LogP) is 33.2. The molecule has 0 spiro atoms. The van der Waals surface area contributed by atoms with E-state index in [0.717, 1.165) is 72.3 Å². The van der Waals surface area contributed by atoms with E-state index in [9.17, 15) is 0 Å². The molecule has 19 aromatic carbocycles. The van der Waals surface area contributed by atoms with E-state index in [1.165, 1.54) is 170 Å². The predicted molar refractivity (Wildman–Crippen MR) is 582 cm³/mol. The largest absolute Gasteiger partial charge is 0.309 e. The fourth-order valence-corrected chi connectivity index (χ4v) is 22.4. The first-order valence-electron chi connectivity index (χ1n) is 48.2. The molecule has 0 amide bonds. The maximum absolute atomic E-state index is 5.22. The third-order valence-corrected chi connectivity index (χ3v) is 29.6. The average molecular weight is 1800 g/mol. The lowest BCUT2D eigenvalue weighted by Crippen LogP contribution is -2.15. The number of nitrogens with zero attached hydrogens (tertiary/aromatic N) is 10. The minimum Gasteiger partial charge on any atom is -0.309 e. The molecular formula is C130H94N10. The Balaban J connectivity index is 0.000000109. The number of hydrogen-bond acceptors (Lipinski definition) is 6. The lowest BCUT2D eigenvalue weighted by molar-refractivity contribution is 0.590. The topological polar surface area (TPSA) is 97.1 Å². The molecule has 0 atom stereocenters. The number of hydrogen-bond donors (Lipinski definition) is 0. The number of benzene rings is 19. The summed E-state index contributed by atoms with van der Waals surface area (Å²) in [5.74, 6) is 2.02. The number of para-hydroxylation sites is 4. The molecule has 0 saturated heterocycles. The van der Waals surface area contributed by atoms with Crippen LogP contribution in [-0.2, 0) is 16.2 Å². The molecule has 664 valence electrons. The molecule has 28 rings (SSSR count). The van der Waals surface area contributed by atoms with E-state index in [1.807, 2.05) is 37.1 Å². The van der Waals surface area contributed by atoms with Gasteiger partial charge in [-0.3, -0.25) is 13.7 Å². The Morgan fingerprint density at radius 3 is 1.23 bits per heavy atom. The van der Waals surface area contributed by atoms with Crippen molar-refractivity contribution in [1.82, 2.24) is 48.2 Å². The Labute approximate surface area is 810 Å². The quantitative estimate of drug-likeness (QED) is 0.135. The van der Waals surface area contributed by atoms with E-state index in [2.05, 4.69) is 473 Å². The van der Waals surface area contributed by atoms with Crippen LogP contribution in [0.25, 0.3) is 232 Å². The molecule has 26 aromatic rings. The molecule has 2 aliphatic rings. The Kier molecular flexibility index (Phi) is 19.3. The molecule has 140 heavy (non-hydrogen) atoms. The fraction of sp³-hybridized carbons (Fsp3) is 0.0769. The van der Waals surface area contributed by atoms with E-state index >= 15 is 0 Å². The van der Waals surface area contributed by atoms with E-state index in [4.69, 9.17) is 29.9 Å². The summed E-state index contributed by atoms with van der Waals surface area (Å²) in [6, 6.07) is 149. The van der Waals surface area contributed by atoms with Crippen molar-refractivity contribution in [3.05, 3.63) is 471 Å². The van der Waals surface area contributed by atoms with Gasteiger partial charge in [0.15, 0.2) is 0 Å². The summed E-state index contributed by atoms with van der Waals surface area (Å²) in [7, 11) is 0. The number of rotatable bonds is 10. The molecule has 0 radical (unpaired) electrons. The third-order valence-electron chi connectivity index (χ3n) is 29.6. The summed E-state index contributed by atoms with van der Waals surface area (Å²) < 4.78 is 8.96. The summed E-state index contributed by atoms with van der Waals surface area (Å²) in [4.78, 5) is 29.8. The fourth-order valence-electron chi connectivity index (χ4n) is 22.4. The Morgan fingerprint density at radius 2 is 0.614 bits per heavy atom. The number of aromatic nitrogens is 10. The molecule has 10 heteroatoms. The molecular weight excluding hydrogens is 1700 g/mol. The molecule has 0 bridgehead atoms. The molecule has 0 unspecified atom stereocenters. The highest BCUT2D eigenvalue weighted by Crippen LogP contribution is 2.53. The van der Waals surface area contributed by atoms with Crippen LogP contribution in [0.5, 0.6) is 0 Å². The van der Waals surface area contributed by atoms with Crippen LogP contribution in [0.2, 0.25) is 0 Å². The Bertz CT molecular complexity index is 9500. The average Bonchev–Trinajstić information content (AvgIpc) is 1.58. The van der Waals surface area contributed by atoms with Gasteiger partial charge in [-0.25, -0.2) is 29.9 Å². The van der Waals surface area contributed by atoms with E-state index < -0.39 is 0 Å². The van der Waals surface area contributed by atoms with Gasteiger partial charge in [-0.05, 0) is 224 Å². The van der Waals surface area contributed by atoms with Crippen molar-refractivity contribution in [1.29, 1.82) is 0 Å². The molecule has 0 fully saturated rings. The highest BCUT2D eigenvalue weighted by molar-refractivity contribution is 6.22. The summed E-state index contributed by atoms with van der Waals surface area (Å²) in [5.41, 5.74) is 35.8. The Morgan fingerprint density at radius 1 is 0.221 bits per heavy atom. The van der Waals surface area contributed by atoms with E-state index in [0.29, 0.717) is 17.8 Å². The smallest absolute Gasteiger partial charge is 0.235 e. The van der Waals surface area contributed by atoms with Crippen LogP contribution < -0.4 is 0 Å². The highest BCUT2D eigenvalue weighted by Gasteiger charge is 2.38. The van der Waals surface area contributed by atoms with Gasteiger partial charge in [0.1, 0.15) is 0 Å². The first-order valence-corrected chi connectivity index (χ1v) is 48.2. The lowest BCUT2D eigenvalue weighted by Gasteiger charge is -2.22. The maximum atomic E-state index is 5.22. The van der Waals surface area contributed by atoms with Crippen molar-refractivity contribution < 1.29 is 0 Å². The van der Waals surface area contributed by atoms with Gasteiger partial charge in [0.25, 0.3) is 0 Å². The van der Waals surface area contributed by atoms with Crippen molar-refractivity contribution in [3.8, 4) is 113 Å². The second-order valence-electron chi connectivity index (χ2n) is 39.4. The van der Waals surface area contributed by atoms with E-state index in [-0.39, 0.29) is 16.2 Å². The van der Waals surface area contributed by atoms with Gasteiger partial charge < -0.3 is 4.57 Å². The van der Waals surface area contributed by atoms with Gasteiger partial charge in [0.05, 0.1) is 49.8 Å². The number of fused-ring (bicyclic) bond motifs is 23. The first kappa shape index (κ1) is 83.0. The van der Waals surface area contributed by atoms with Crippen LogP contribution in [0.4, 0.5) is 0 Å². The summed E-state index contributed by atoms with van der Waals surface area (Å²) in [6.07, 6.45) is 9.69. The van der Waals surface area contributed by atoms with Crippen LogP contribution in [-0.4, -0.2) is 48.2 Å². The molecule has 0 saturated carbocycles. The zero-order valence-electron chi connectivity index (χ0n) is 78.6. The van der Waals surface area contributed by atoms with Crippen LogP contribution in [0.3, 0.4) is 0 Å². The summed E-state index contributed by atoms with van der Waals surface area (Å²) in [5, 5.41) is 17.0. The monoisotopic (exact) mass is 1790 g/mol. The minimum absolute atomic E-state index is 0.00949. The second kappa shape index (κ2) is 32.6. The van der Waals surface area contributed by atoms with Gasteiger partial charge in [0.2, 0.25) is 17.8 Å². The first-order chi connectivity index (χ1) is 68.6. The van der Waals surface area contributed by atoms with Crippen LogP contribution in [0, 0.1) is 0 Å². The van der Waals surface area contributed by atoms with Crippen LogP contribution in [0.1, 0.15) is 76.3 Å². The van der Waals surface area contributed by atoms with Gasteiger partial charge in [-0.2, -0.15) is 0 Å². The standard InChI is InChI=1S/C48H36N4.2C41H29N3/c1-48(2,3)37-21-17-31(18-22-37)34-19-23-44-41(26-34)42-27-35(20-24-45(42)51(44)38-13-5-4-6-14-38)36-29-49-47(50-30-36)52-43-16-10-9-15-39(43)40-25-32-11-7-8-12-33(32)28-46(40)52;1-41(2)35-13-7-5-11-32(35)33-21-19-29(23-36(33)41)26-15-17-27(18-16-26)30-24-42-40(43-25-30)44-37-14-8-6-12-34(37)39-31-10-4-3-9-28(31)20-22-38(39)44;1-41(2)35-24-28(26-10-4-3-5-11-26)17-19-31(35)32-20-18-29(25-36(32)41)37-22-23-42-40(43-37)44-38-15-9-8-14-33(38)34-21-16-27-12-6-7-13-30(27)39(34)44/h4-30H,1-3H3;2*3-25H,1-2H3. The highest BCUT2D eigenvalue weighted by atomic mass is 15.2. The second-order valence-corrected chi connectivity index (χ2v) is 39.4. The zero-order chi connectivity index (χ0) is 93.8. The van der Waals surface area contributed by atoms with Gasteiger partial charge in [0, 0.05) is 113 Å². The lowest BCUT2D eigenvalue weighted by atomic mass is 9.81. The van der Waals surface area contributed by atoms with Crippen molar-refractivity contribution >= 4 is 120 Å². The van der Waals surface area contributed by atoms with Gasteiger partial charge >= 0.3 is 0 Å². The van der Waals surface area contributed by atoms with Gasteiger partial charge in [-0.1, -0.05) is 364 Å². The molecule has 7 heterocycles. The normalized spacial score (nSPS) is 12.9. The third kappa shape index (κ3) is 13.7. The molecule has 2 aliphatic carbocycles. The molecule has 7 aromatic heterocycles. The van der Waals surface area contributed by atoms with Crippen molar-refractivity contribution in [3.63, 3.8) is 0 Å². The van der Waals surface area contributed by atoms with Crippen LogP contribution >= 0.6 is 0 Å². The molecule has 10 nitrogen and oxygen atoms in total. The van der Waals surface area contributed by atoms with Crippen molar-refractivity contribution in [2.45, 2.75) is 64.7 Å². The van der Waals surface area contributed by atoms with Crippen LogP contribution in [0.15, 0.2) is 443 Å². The summed E-state index contributed by atoms with van der Waals surface area (Å²) in [6.45, 7) is 16.1. The zero-order valence-corrected chi connectivity index (χ0v) is 78.6.